The molecule has 0 atom stereocenters. The molecule has 0 aliphatic carbocycles. The number of nitrogens with zero attached hydrogens (tertiary/aromatic N) is 2. The molecule has 0 saturated heterocycles. The van der Waals surface area contributed by atoms with Gasteiger partial charge in [0.1, 0.15) is 5.76 Å². The van der Waals surface area contributed by atoms with Crippen LogP contribution in [0.5, 0.6) is 0 Å². The molecule has 0 amide bonds. The number of nitrogens with two attached hydrogens (primary N) is 1. The summed E-state index contributed by atoms with van der Waals surface area (Å²) in [5, 5.41) is 4.14. The van der Waals surface area contributed by atoms with Crippen LogP contribution in [0.4, 0.5) is 0 Å². The fourth-order valence-corrected chi connectivity index (χ4v) is 1.19. The number of aromatic nitrogens is 2. The molecule has 0 aliphatic rings. The molecule has 0 aliphatic heterocycles. The summed E-state index contributed by atoms with van der Waals surface area (Å²) in [6, 6.07) is 3.76. The molecule has 0 unspecified atom stereocenters. The average molecular weight is 177 g/mol. The third kappa shape index (κ3) is 1.62. The van der Waals surface area contributed by atoms with Gasteiger partial charge < -0.3 is 10.2 Å². The molecule has 4 nitrogen and oxygen atoms in total. The Morgan fingerprint density at radius 2 is 2.46 bits per heavy atom. The first kappa shape index (κ1) is 8.07. The van der Waals surface area contributed by atoms with Crippen LogP contribution in [0, 0.1) is 0 Å². The minimum atomic E-state index is 0.597. The molecule has 0 spiro atoms. The molecule has 2 N–H and O–H groups in total. The Hall–Kier alpha value is -1.55. The van der Waals surface area contributed by atoms with E-state index in [9.17, 15) is 0 Å². The second-order valence-corrected chi connectivity index (χ2v) is 2.76. The summed E-state index contributed by atoms with van der Waals surface area (Å²) in [5.41, 5.74) is 6.39. The Balaban J connectivity index is 2.23. The van der Waals surface area contributed by atoms with E-state index in [-0.39, 0.29) is 0 Å². The number of furan rings is 1. The SMILES string of the molecule is NCCn1cc(-c2ccco2)cn1. The lowest BCUT2D eigenvalue weighted by atomic mass is 10.3. The van der Waals surface area contributed by atoms with Crippen molar-refractivity contribution in [1.82, 2.24) is 9.78 Å². The fourth-order valence-electron chi connectivity index (χ4n) is 1.19. The van der Waals surface area contributed by atoms with E-state index < -0.39 is 0 Å². The second-order valence-electron chi connectivity index (χ2n) is 2.76. The summed E-state index contributed by atoms with van der Waals surface area (Å²) >= 11 is 0. The first-order valence-corrected chi connectivity index (χ1v) is 4.16. The Morgan fingerprint density at radius 1 is 1.54 bits per heavy atom. The topological polar surface area (TPSA) is 57.0 Å². The predicted molar refractivity (Wildman–Crippen MR) is 49.0 cm³/mol. The third-order valence-corrected chi connectivity index (χ3v) is 1.80. The molecular weight excluding hydrogens is 166 g/mol. The molecule has 2 heterocycles. The van der Waals surface area contributed by atoms with E-state index in [0.29, 0.717) is 6.54 Å². The van der Waals surface area contributed by atoms with Crippen LogP contribution < -0.4 is 5.73 Å². The van der Waals surface area contributed by atoms with Crippen LogP contribution in [0.25, 0.3) is 11.3 Å². The standard InChI is InChI=1S/C9H11N3O/c10-3-4-12-7-8(6-11-12)9-2-1-5-13-9/h1-2,5-7H,3-4,10H2. The van der Waals surface area contributed by atoms with Gasteiger partial charge in [0.15, 0.2) is 0 Å². The smallest absolute Gasteiger partial charge is 0.137 e. The van der Waals surface area contributed by atoms with Gasteiger partial charge in [-0.1, -0.05) is 0 Å². The number of rotatable bonds is 3. The first-order chi connectivity index (χ1) is 6.40. The van der Waals surface area contributed by atoms with Gasteiger partial charge >= 0.3 is 0 Å². The first-order valence-electron chi connectivity index (χ1n) is 4.16. The molecule has 0 saturated carbocycles. The summed E-state index contributed by atoms with van der Waals surface area (Å²) < 4.78 is 7.03. The van der Waals surface area contributed by atoms with E-state index in [1.54, 1.807) is 17.1 Å². The maximum Gasteiger partial charge on any atom is 0.137 e. The van der Waals surface area contributed by atoms with E-state index in [0.717, 1.165) is 17.9 Å². The molecule has 2 rings (SSSR count). The van der Waals surface area contributed by atoms with Gasteiger partial charge in [-0.2, -0.15) is 5.10 Å². The van der Waals surface area contributed by atoms with Crippen molar-refractivity contribution < 1.29 is 4.42 Å². The van der Waals surface area contributed by atoms with Gasteiger partial charge in [-0.15, -0.1) is 0 Å². The zero-order valence-electron chi connectivity index (χ0n) is 7.18. The highest BCUT2D eigenvalue weighted by molar-refractivity contribution is 5.54. The summed E-state index contributed by atoms with van der Waals surface area (Å²) in [7, 11) is 0. The van der Waals surface area contributed by atoms with Gasteiger partial charge in [0.05, 0.1) is 24.6 Å². The monoisotopic (exact) mass is 177 g/mol. The van der Waals surface area contributed by atoms with Crippen molar-refractivity contribution in [2.45, 2.75) is 6.54 Å². The van der Waals surface area contributed by atoms with Crippen LogP contribution in [0.15, 0.2) is 35.2 Å². The summed E-state index contributed by atoms with van der Waals surface area (Å²) in [5.74, 6) is 0.836. The van der Waals surface area contributed by atoms with Gasteiger partial charge in [-0.25, -0.2) is 0 Å². The highest BCUT2D eigenvalue weighted by Gasteiger charge is 2.02. The molecule has 4 heteroatoms. The molecular formula is C9H11N3O. The molecule has 0 aromatic carbocycles. The quantitative estimate of drug-likeness (QED) is 0.763. The minimum Gasteiger partial charge on any atom is -0.464 e. The van der Waals surface area contributed by atoms with Crippen molar-refractivity contribution in [3.63, 3.8) is 0 Å². The van der Waals surface area contributed by atoms with Crippen molar-refractivity contribution in [2.75, 3.05) is 6.54 Å². The summed E-state index contributed by atoms with van der Waals surface area (Å²) in [6.45, 7) is 1.33. The Bertz CT molecular complexity index is 364. The number of hydrogen-bond donors (Lipinski definition) is 1. The largest absolute Gasteiger partial charge is 0.464 e. The maximum absolute atomic E-state index is 5.40. The van der Waals surface area contributed by atoms with E-state index in [2.05, 4.69) is 5.10 Å². The van der Waals surface area contributed by atoms with Crippen molar-refractivity contribution in [3.8, 4) is 11.3 Å². The van der Waals surface area contributed by atoms with Gasteiger partial charge in [-0.3, -0.25) is 4.68 Å². The van der Waals surface area contributed by atoms with Crippen molar-refractivity contribution in [3.05, 3.63) is 30.8 Å². The highest BCUT2D eigenvalue weighted by Crippen LogP contribution is 2.17. The lowest BCUT2D eigenvalue weighted by Gasteiger charge is -1.94. The highest BCUT2D eigenvalue weighted by atomic mass is 16.3. The van der Waals surface area contributed by atoms with Crippen LogP contribution in [-0.4, -0.2) is 16.3 Å². The third-order valence-electron chi connectivity index (χ3n) is 1.80. The molecule has 0 fully saturated rings. The molecule has 0 radical (unpaired) electrons. The van der Waals surface area contributed by atoms with E-state index >= 15 is 0 Å². The van der Waals surface area contributed by atoms with Gasteiger partial charge in [0.25, 0.3) is 0 Å². The van der Waals surface area contributed by atoms with Crippen molar-refractivity contribution in [2.24, 2.45) is 5.73 Å². The zero-order valence-corrected chi connectivity index (χ0v) is 7.18. The van der Waals surface area contributed by atoms with Crippen LogP contribution in [0.2, 0.25) is 0 Å². The van der Waals surface area contributed by atoms with Crippen LogP contribution in [0.3, 0.4) is 0 Å². The predicted octanol–water partition coefficient (Wildman–Crippen LogP) is 1.10. The van der Waals surface area contributed by atoms with Gasteiger partial charge in [0, 0.05) is 12.7 Å². The lowest BCUT2D eigenvalue weighted by Crippen LogP contribution is -2.09. The molecule has 13 heavy (non-hydrogen) atoms. The van der Waals surface area contributed by atoms with E-state index in [4.69, 9.17) is 10.2 Å². The minimum absolute atomic E-state index is 0.597. The Labute approximate surface area is 76.0 Å². The van der Waals surface area contributed by atoms with Crippen LogP contribution in [-0.2, 0) is 6.54 Å². The molecule has 68 valence electrons. The molecule has 2 aromatic heterocycles. The van der Waals surface area contributed by atoms with Crippen molar-refractivity contribution >= 4 is 0 Å². The maximum atomic E-state index is 5.40. The Kier molecular flexibility index (Phi) is 2.14. The molecule has 0 bridgehead atoms. The number of hydrogen-bond acceptors (Lipinski definition) is 3. The zero-order chi connectivity index (χ0) is 9.10. The van der Waals surface area contributed by atoms with Crippen LogP contribution >= 0.6 is 0 Å². The van der Waals surface area contributed by atoms with E-state index in [1.807, 2.05) is 18.3 Å². The Morgan fingerprint density at radius 3 is 3.15 bits per heavy atom. The molecule has 2 aromatic rings. The summed E-state index contributed by atoms with van der Waals surface area (Å²) in [6.07, 6.45) is 5.34. The van der Waals surface area contributed by atoms with Crippen molar-refractivity contribution in [1.29, 1.82) is 0 Å². The van der Waals surface area contributed by atoms with Gasteiger partial charge in [-0.05, 0) is 12.1 Å². The van der Waals surface area contributed by atoms with Crippen LogP contribution in [0.1, 0.15) is 0 Å². The lowest BCUT2D eigenvalue weighted by molar-refractivity contribution is 0.581. The normalized spacial score (nSPS) is 10.5. The fraction of sp³-hybridized carbons (Fsp3) is 0.222. The second kappa shape index (κ2) is 3.45. The van der Waals surface area contributed by atoms with E-state index in [1.165, 1.54) is 0 Å². The van der Waals surface area contributed by atoms with Gasteiger partial charge in [0.2, 0.25) is 0 Å². The summed E-state index contributed by atoms with van der Waals surface area (Å²) in [4.78, 5) is 0. The average Bonchev–Trinajstić information content (AvgIpc) is 2.70.